The zero-order valence-electron chi connectivity index (χ0n) is 20.8. The van der Waals surface area contributed by atoms with Gasteiger partial charge in [0.2, 0.25) is 0 Å². The van der Waals surface area contributed by atoms with E-state index in [1.807, 2.05) is 27.7 Å². The standard InChI is InChI=1S/C30H31F3O2/c1-6-21-26(31)10-17(25-14-20(35)12-23(15(3)4)29(21)25)8-16(5)24-13-19(34)9-18-11-27(32)30(33)22(7-2)28(18)24/h9-16,34-35H,6-8H2,1-5H3. The molecule has 1 unspecified atom stereocenters. The van der Waals surface area contributed by atoms with Gasteiger partial charge in [0.05, 0.1) is 0 Å². The van der Waals surface area contributed by atoms with E-state index < -0.39 is 11.6 Å². The number of fused-ring (bicyclic) bond motifs is 2. The number of phenols is 2. The molecule has 2 nitrogen and oxygen atoms in total. The van der Waals surface area contributed by atoms with E-state index in [0.29, 0.717) is 41.2 Å². The molecule has 0 bridgehead atoms. The lowest BCUT2D eigenvalue weighted by Gasteiger charge is -2.22. The summed E-state index contributed by atoms with van der Waals surface area (Å²) in [4.78, 5) is 0. The van der Waals surface area contributed by atoms with Crippen molar-refractivity contribution in [1.29, 1.82) is 0 Å². The number of aromatic hydroxyl groups is 2. The zero-order chi connectivity index (χ0) is 25.6. The van der Waals surface area contributed by atoms with Crippen LogP contribution in [0.15, 0.2) is 36.4 Å². The maximum absolute atomic E-state index is 15.3. The van der Waals surface area contributed by atoms with Crippen molar-refractivity contribution in [2.45, 2.75) is 65.7 Å². The number of phenolic OH excluding ortho intramolecular Hbond substituents is 2. The maximum Gasteiger partial charge on any atom is 0.162 e. The van der Waals surface area contributed by atoms with Crippen LogP contribution in [0.3, 0.4) is 0 Å². The van der Waals surface area contributed by atoms with E-state index in [9.17, 15) is 19.0 Å². The average molecular weight is 481 g/mol. The highest BCUT2D eigenvalue weighted by Gasteiger charge is 2.22. The van der Waals surface area contributed by atoms with E-state index in [4.69, 9.17) is 0 Å². The first-order valence-corrected chi connectivity index (χ1v) is 12.2. The number of hydrogen-bond donors (Lipinski definition) is 2. The summed E-state index contributed by atoms with van der Waals surface area (Å²) in [6, 6.07) is 9.02. The Labute approximate surface area is 204 Å². The molecule has 0 amide bonds. The minimum Gasteiger partial charge on any atom is -0.508 e. The Balaban J connectivity index is 1.95. The number of aryl methyl sites for hydroxylation is 2. The van der Waals surface area contributed by atoms with Crippen molar-refractivity contribution >= 4 is 21.5 Å². The van der Waals surface area contributed by atoms with Gasteiger partial charge in [0.1, 0.15) is 17.3 Å². The lowest BCUT2D eigenvalue weighted by atomic mass is 9.83. The first-order chi connectivity index (χ1) is 16.6. The SMILES string of the molecule is CCc1c(F)c(F)cc2cc(O)cc(C(C)Cc3cc(F)c(CC)c4c(C(C)C)cc(O)cc34)c12. The number of halogens is 3. The predicted octanol–water partition coefficient (Wildman–Crippen LogP) is 8.42. The first kappa shape index (κ1) is 24.9. The Morgan fingerprint density at radius 2 is 1.34 bits per heavy atom. The molecule has 5 heteroatoms. The lowest BCUT2D eigenvalue weighted by molar-refractivity contribution is 0.474. The Hall–Kier alpha value is -3.21. The third-order valence-corrected chi connectivity index (χ3v) is 7.02. The second kappa shape index (κ2) is 9.44. The molecule has 0 aromatic heterocycles. The van der Waals surface area contributed by atoms with Crippen LogP contribution in [-0.4, -0.2) is 10.2 Å². The van der Waals surface area contributed by atoms with Crippen molar-refractivity contribution in [2.75, 3.05) is 0 Å². The van der Waals surface area contributed by atoms with Crippen molar-refractivity contribution in [1.82, 2.24) is 0 Å². The Morgan fingerprint density at radius 3 is 1.97 bits per heavy atom. The van der Waals surface area contributed by atoms with Crippen molar-refractivity contribution < 1.29 is 23.4 Å². The van der Waals surface area contributed by atoms with Crippen LogP contribution in [0.25, 0.3) is 21.5 Å². The maximum atomic E-state index is 15.3. The van der Waals surface area contributed by atoms with Crippen LogP contribution in [0.5, 0.6) is 11.5 Å². The Bertz CT molecular complexity index is 1440. The third kappa shape index (κ3) is 4.33. The third-order valence-electron chi connectivity index (χ3n) is 7.02. The molecule has 0 heterocycles. The molecule has 0 fully saturated rings. The first-order valence-electron chi connectivity index (χ1n) is 12.2. The van der Waals surface area contributed by atoms with Gasteiger partial charge in [0.25, 0.3) is 0 Å². The summed E-state index contributed by atoms with van der Waals surface area (Å²) < 4.78 is 44.2. The molecule has 0 spiro atoms. The second-order valence-corrected chi connectivity index (χ2v) is 9.70. The number of benzene rings is 4. The molecule has 4 rings (SSSR count). The average Bonchev–Trinajstić information content (AvgIpc) is 2.79. The fraction of sp³-hybridized carbons (Fsp3) is 0.333. The molecular weight excluding hydrogens is 449 g/mol. The van der Waals surface area contributed by atoms with Gasteiger partial charge < -0.3 is 10.2 Å². The van der Waals surface area contributed by atoms with E-state index in [-0.39, 0.29) is 34.7 Å². The molecule has 4 aromatic rings. The molecule has 2 N–H and O–H groups in total. The summed E-state index contributed by atoms with van der Waals surface area (Å²) >= 11 is 0. The van der Waals surface area contributed by atoms with Crippen molar-refractivity contribution in [3.8, 4) is 11.5 Å². The summed E-state index contributed by atoms with van der Waals surface area (Å²) in [5.41, 5.74) is 3.16. The van der Waals surface area contributed by atoms with E-state index in [2.05, 4.69) is 0 Å². The highest BCUT2D eigenvalue weighted by atomic mass is 19.2. The van der Waals surface area contributed by atoms with Gasteiger partial charge in [-0.05, 0) is 117 Å². The predicted molar refractivity (Wildman–Crippen MR) is 136 cm³/mol. The second-order valence-electron chi connectivity index (χ2n) is 9.70. The molecule has 35 heavy (non-hydrogen) atoms. The fourth-order valence-electron chi connectivity index (χ4n) is 5.39. The minimum atomic E-state index is -0.946. The van der Waals surface area contributed by atoms with Gasteiger partial charge >= 0.3 is 0 Å². The Morgan fingerprint density at radius 1 is 0.714 bits per heavy atom. The molecule has 4 aromatic carbocycles. The normalized spacial score (nSPS) is 12.7. The number of hydrogen-bond acceptors (Lipinski definition) is 2. The Kier molecular flexibility index (Phi) is 6.72. The number of rotatable bonds is 6. The smallest absolute Gasteiger partial charge is 0.162 e. The van der Waals surface area contributed by atoms with Crippen LogP contribution in [0.2, 0.25) is 0 Å². The van der Waals surface area contributed by atoms with Gasteiger partial charge in [-0.3, -0.25) is 0 Å². The minimum absolute atomic E-state index is 0.0375. The van der Waals surface area contributed by atoms with Crippen LogP contribution in [-0.2, 0) is 19.3 Å². The van der Waals surface area contributed by atoms with Gasteiger partial charge in [-0.25, -0.2) is 13.2 Å². The topological polar surface area (TPSA) is 40.5 Å². The molecule has 184 valence electrons. The van der Waals surface area contributed by atoms with Gasteiger partial charge in [0.15, 0.2) is 11.6 Å². The highest BCUT2D eigenvalue weighted by Crippen LogP contribution is 2.40. The summed E-state index contributed by atoms with van der Waals surface area (Å²) in [6.45, 7) is 9.63. The van der Waals surface area contributed by atoms with Crippen molar-refractivity contribution in [3.63, 3.8) is 0 Å². The van der Waals surface area contributed by atoms with Crippen molar-refractivity contribution in [2.24, 2.45) is 0 Å². The molecule has 0 radical (unpaired) electrons. The monoisotopic (exact) mass is 480 g/mol. The van der Waals surface area contributed by atoms with E-state index >= 15 is 4.39 Å². The summed E-state index contributed by atoms with van der Waals surface area (Å²) in [5, 5.41) is 23.4. The van der Waals surface area contributed by atoms with Crippen LogP contribution in [0.4, 0.5) is 13.2 Å². The molecule has 0 aliphatic rings. The summed E-state index contributed by atoms with van der Waals surface area (Å²) in [6.07, 6.45) is 1.20. The van der Waals surface area contributed by atoms with Gasteiger partial charge in [0, 0.05) is 0 Å². The molecule has 0 aliphatic heterocycles. The van der Waals surface area contributed by atoms with Gasteiger partial charge in [-0.2, -0.15) is 0 Å². The quantitative estimate of drug-likeness (QED) is 0.291. The van der Waals surface area contributed by atoms with Crippen molar-refractivity contribution in [3.05, 3.63) is 81.7 Å². The van der Waals surface area contributed by atoms with Gasteiger partial charge in [-0.15, -0.1) is 0 Å². The van der Waals surface area contributed by atoms with Crippen LogP contribution in [0, 0.1) is 17.5 Å². The fourth-order valence-corrected chi connectivity index (χ4v) is 5.39. The zero-order valence-corrected chi connectivity index (χ0v) is 20.8. The van der Waals surface area contributed by atoms with Crippen LogP contribution >= 0.6 is 0 Å². The molecule has 1 atom stereocenters. The summed E-state index contributed by atoms with van der Waals surface area (Å²) in [5.74, 6) is -2.20. The molecule has 0 aliphatic carbocycles. The van der Waals surface area contributed by atoms with E-state index in [0.717, 1.165) is 28.0 Å². The highest BCUT2D eigenvalue weighted by molar-refractivity contribution is 5.94. The molecular formula is C30H31F3O2. The largest absolute Gasteiger partial charge is 0.508 e. The van der Waals surface area contributed by atoms with Crippen LogP contribution in [0.1, 0.15) is 74.3 Å². The van der Waals surface area contributed by atoms with E-state index in [1.54, 1.807) is 25.1 Å². The van der Waals surface area contributed by atoms with Crippen LogP contribution < -0.4 is 0 Å². The van der Waals surface area contributed by atoms with E-state index in [1.165, 1.54) is 12.1 Å². The molecule has 0 saturated heterocycles. The summed E-state index contributed by atoms with van der Waals surface area (Å²) in [7, 11) is 0. The lowest BCUT2D eigenvalue weighted by Crippen LogP contribution is -2.06. The van der Waals surface area contributed by atoms with Gasteiger partial charge in [-0.1, -0.05) is 34.6 Å². The molecule has 0 saturated carbocycles.